The number of aryl methyl sites for hydroxylation is 1. The van der Waals surface area contributed by atoms with Gasteiger partial charge in [0.2, 0.25) is 0 Å². The summed E-state index contributed by atoms with van der Waals surface area (Å²) in [6.45, 7) is -0.462. The molecule has 1 aromatic carbocycles. The molecule has 0 saturated carbocycles. The topological polar surface area (TPSA) is 74.8 Å². The van der Waals surface area contributed by atoms with Crippen LogP contribution in [0.1, 0.15) is 58.5 Å². The highest BCUT2D eigenvalue weighted by molar-refractivity contribution is 5.93. The van der Waals surface area contributed by atoms with Crippen molar-refractivity contribution in [3.63, 3.8) is 0 Å². The highest BCUT2D eigenvalue weighted by Crippen LogP contribution is 2.46. The van der Waals surface area contributed by atoms with E-state index in [-0.39, 0.29) is 30.0 Å². The highest BCUT2D eigenvalue weighted by atomic mass is 19.3. The zero-order chi connectivity index (χ0) is 21.0. The Balaban J connectivity index is 1.47. The van der Waals surface area contributed by atoms with E-state index in [4.69, 9.17) is 5.73 Å². The molecule has 2 aromatic rings. The first-order chi connectivity index (χ1) is 14.3. The largest absolute Gasteiger partial charge is 0.369 e. The second-order valence-corrected chi connectivity index (χ2v) is 8.33. The number of hydrogen-bond donors (Lipinski definition) is 1. The summed E-state index contributed by atoms with van der Waals surface area (Å²) in [7, 11) is 1.78. The van der Waals surface area contributed by atoms with Crippen LogP contribution in [0.3, 0.4) is 0 Å². The molecular formula is C22H23F2N5O. The monoisotopic (exact) mass is 411 g/mol. The molecule has 1 aromatic heterocycles. The predicted octanol–water partition coefficient (Wildman–Crippen LogP) is 3.57. The number of amides is 1. The number of rotatable bonds is 2. The third-order valence-corrected chi connectivity index (χ3v) is 6.42. The third kappa shape index (κ3) is 3.02. The minimum atomic E-state index is -2.84. The molecule has 2 atom stereocenters. The van der Waals surface area contributed by atoms with Gasteiger partial charge >= 0.3 is 0 Å². The van der Waals surface area contributed by atoms with Gasteiger partial charge in [-0.25, -0.2) is 18.8 Å². The van der Waals surface area contributed by atoms with Gasteiger partial charge in [-0.2, -0.15) is 0 Å². The Morgan fingerprint density at radius 1 is 1.30 bits per heavy atom. The smallest absolute Gasteiger partial charge is 0.272 e. The van der Waals surface area contributed by atoms with Crippen molar-refractivity contribution < 1.29 is 13.6 Å². The van der Waals surface area contributed by atoms with E-state index in [0.29, 0.717) is 11.3 Å². The number of carbonyl (C=O) groups is 1. The molecule has 0 radical (unpaired) electrons. The van der Waals surface area contributed by atoms with Crippen molar-refractivity contribution in [2.75, 3.05) is 13.6 Å². The molecule has 1 saturated heterocycles. The second kappa shape index (κ2) is 6.75. The molecule has 0 bridgehead atoms. The van der Waals surface area contributed by atoms with Crippen molar-refractivity contribution in [3.05, 3.63) is 58.9 Å². The summed E-state index contributed by atoms with van der Waals surface area (Å²) in [5.74, 6) is -3.00. The highest BCUT2D eigenvalue weighted by Gasteiger charge is 2.48. The standard InChI is InChI=1S/C22H23F2N5O/c1-28(18-8-4-6-13-5-2-3-7-14(13)18)20(30)16-9-15-17(11-26-16)27-21(25)29-12-22(23,24)10-19(15)29/h2-3,5,7,9,11,18-19H,4,6,8,10,12H2,1H3,(H2,25,27)/t18-,19+/m0/s1. The Morgan fingerprint density at radius 2 is 2.10 bits per heavy atom. The lowest BCUT2D eigenvalue weighted by atomic mass is 9.87. The van der Waals surface area contributed by atoms with Crippen molar-refractivity contribution in [2.45, 2.75) is 43.7 Å². The second-order valence-electron chi connectivity index (χ2n) is 8.33. The Labute approximate surface area is 173 Å². The van der Waals surface area contributed by atoms with E-state index >= 15 is 0 Å². The summed E-state index contributed by atoms with van der Waals surface area (Å²) in [5.41, 5.74) is 9.59. The van der Waals surface area contributed by atoms with E-state index in [9.17, 15) is 13.6 Å². The van der Waals surface area contributed by atoms with Gasteiger partial charge in [0.1, 0.15) is 5.69 Å². The minimum Gasteiger partial charge on any atom is -0.369 e. The van der Waals surface area contributed by atoms with Crippen molar-refractivity contribution in [2.24, 2.45) is 10.7 Å². The summed E-state index contributed by atoms with van der Waals surface area (Å²) in [5, 5.41) is 0. The van der Waals surface area contributed by atoms with Gasteiger partial charge in [0.15, 0.2) is 5.96 Å². The van der Waals surface area contributed by atoms with Crippen LogP contribution in [0.5, 0.6) is 0 Å². The molecule has 0 unspecified atom stereocenters. The SMILES string of the molecule is CN(C(=O)c1cc2c(cn1)N=C(N)N1CC(F)(F)C[C@H]21)[C@H]1CCCc2ccccc21. The Morgan fingerprint density at radius 3 is 2.93 bits per heavy atom. The number of nitrogens with zero attached hydrogens (tertiary/aromatic N) is 4. The van der Waals surface area contributed by atoms with E-state index in [1.165, 1.54) is 16.7 Å². The number of fused-ring (bicyclic) bond motifs is 4. The quantitative estimate of drug-likeness (QED) is 0.820. The van der Waals surface area contributed by atoms with Gasteiger partial charge in [-0.15, -0.1) is 0 Å². The molecular weight excluding hydrogens is 388 g/mol. The van der Waals surface area contributed by atoms with Crippen LogP contribution in [0, 0.1) is 0 Å². The summed E-state index contributed by atoms with van der Waals surface area (Å²) >= 11 is 0. The Bertz CT molecular complexity index is 1050. The van der Waals surface area contributed by atoms with Crippen molar-refractivity contribution >= 4 is 17.6 Å². The van der Waals surface area contributed by atoms with Gasteiger partial charge < -0.3 is 15.5 Å². The maximum absolute atomic E-state index is 14.0. The van der Waals surface area contributed by atoms with Crippen LogP contribution >= 0.6 is 0 Å². The first-order valence-corrected chi connectivity index (χ1v) is 10.2. The number of nitrogens with two attached hydrogens (primary N) is 1. The van der Waals surface area contributed by atoms with Crippen LogP contribution in [0.2, 0.25) is 0 Å². The lowest BCUT2D eigenvalue weighted by Gasteiger charge is -2.33. The fourth-order valence-electron chi connectivity index (χ4n) is 4.92. The van der Waals surface area contributed by atoms with Crippen molar-refractivity contribution in [3.8, 4) is 0 Å². The number of aliphatic imine (C=N–C) groups is 1. The molecule has 156 valence electrons. The number of guanidine groups is 1. The van der Waals surface area contributed by atoms with Crippen molar-refractivity contribution in [1.82, 2.24) is 14.8 Å². The Kier molecular flexibility index (Phi) is 4.27. The number of halogens is 2. The van der Waals surface area contributed by atoms with Crippen LogP contribution in [-0.4, -0.2) is 46.2 Å². The van der Waals surface area contributed by atoms with Crippen LogP contribution < -0.4 is 5.73 Å². The average Bonchev–Trinajstić information content (AvgIpc) is 3.08. The molecule has 1 fully saturated rings. The van der Waals surface area contributed by atoms with Crippen LogP contribution in [0.4, 0.5) is 14.5 Å². The third-order valence-electron chi connectivity index (χ3n) is 6.42. The molecule has 2 N–H and O–H groups in total. The summed E-state index contributed by atoms with van der Waals surface area (Å²) in [6.07, 6.45) is 4.02. The number of alkyl halides is 2. The number of hydrogen-bond acceptors (Lipinski definition) is 5. The Hall–Kier alpha value is -3.03. The molecule has 5 rings (SSSR count). The van der Waals surface area contributed by atoms with E-state index in [2.05, 4.69) is 22.1 Å². The first kappa shape index (κ1) is 19.0. The zero-order valence-corrected chi connectivity index (χ0v) is 16.7. The number of aromatic nitrogens is 1. The molecule has 3 aliphatic rings. The summed E-state index contributed by atoms with van der Waals surface area (Å²) in [6, 6.07) is 9.17. The van der Waals surface area contributed by atoms with Crippen LogP contribution in [-0.2, 0) is 6.42 Å². The fourth-order valence-corrected chi connectivity index (χ4v) is 4.92. The maximum Gasteiger partial charge on any atom is 0.272 e. The van der Waals surface area contributed by atoms with Gasteiger partial charge in [0, 0.05) is 19.0 Å². The molecule has 3 heterocycles. The number of benzene rings is 1. The normalized spacial score (nSPS) is 23.8. The first-order valence-electron chi connectivity index (χ1n) is 10.2. The minimum absolute atomic E-state index is 0.0266. The van der Waals surface area contributed by atoms with Gasteiger partial charge in [-0.05, 0) is 36.5 Å². The summed E-state index contributed by atoms with van der Waals surface area (Å²) < 4.78 is 28.1. The van der Waals surface area contributed by atoms with Gasteiger partial charge in [0.25, 0.3) is 11.8 Å². The number of carbonyl (C=O) groups excluding carboxylic acids is 1. The summed E-state index contributed by atoms with van der Waals surface area (Å²) in [4.78, 5) is 24.9. The van der Waals surface area contributed by atoms with Crippen molar-refractivity contribution in [1.29, 1.82) is 0 Å². The number of pyridine rings is 1. The molecule has 0 spiro atoms. The van der Waals surface area contributed by atoms with E-state index < -0.39 is 18.5 Å². The van der Waals surface area contributed by atoms with Gasteiger partial charge in [-0.3, -0.25) is 4.79 Å². The zero-order valence-electron chi connectivity index (χ0n) is 16.7. The van der Waals surface area contributed by atoms with E-state index in [1.807, 2.05) is 12.1 Å². The van der Waals surface area contributed by atoms with Gasteiger partial charge in [0.05, 0.1) is 30.5 Å². The fraction of sp³-hybridized carbons (Fsp3) is 0.409. The molecule has 2 aliphatic heterocycles. The molecule has 30 heavy (non-hydrogen) atoms. The average molecular weight is 411 g/mol. The molecule has 1 aliphatic carbocycles. The van der Waals surface area contributed by atoms with Gasteiger partial charge in [-0.1, -0.05) is 24.3 Å². The van der Waals surface area contributed by atoms with E-state index in [1.54, 1.807) is 18.0 Å². The van der Waals surface area contributed by atoms with Crippen LogP contribution in [0.15, 0.2) is 41.5 Å². The lowest BCUT2D eigenvalue weighted by molar-refractivity contribution is 0.0165. The van der Waals surface area contributed by atoms with Crippen LogP contribution in [0.25, 0.3) is 0 Å². The lowest BCUT2D eigenvalue weighted by Crippen LogP contribution is -2.40. The molecule has 1 amide bonds. The molecule has 6 nitrogen and oxygen atoms in total. The van der Waals surface area contributed by atoms with E-state index in [0.717, 1.165) is 24.8 Å². The molecule has 8 heteroatoms. The maximum atomic E-state index is 14.0. The predicted molar refractivity (Wildman–Crippen MR) is 109 cm³/mol.